The molecule has 0 aromatic heterocycles. The lowest BCUT2D eigenvalue weighted by Crippen LogP contribution is -2.45. The van der Waals surface area contributed by atoms with Crippen molar-refractivity contribution in [3.05, 3.63) is 65.9 Å². The first-order valence-corrected chi connectivity index (χ1v) is 11.9. The van der Waals surface area contributed by atoms with Crippen LogP contribution in [-0.2, 0) is 14.3 Å². The summed E-state index contributed by atoms with van der Waals surface area (Å²) in [5.74, 6) is 0.529. The van der Waals surface area contributed by atoms with E-state index in [2.05, 4.69) is 4.99 Å². The summed E-state index contributed by atoms with van der Waals surface area (Å²) >= 11 is 1.34. The number of methoxy groups -OCH3 is 1. The summed E-state index contributed by atoms with van der Waals surface area (Å²) in [6.07, 6.45) is 2.40. The van der Waals surface area contributed by atoms with Crippen molar-refractivity contribution < 1.29 is 19.1 Å². The van der Waals surface area contributed by atoms with Crippen molar-refractivity contribution in [2.24, 2.45) is 4.99 Å². The highest BCUT2D eigenvalue weighted by molar-refractivity contribution is 8.15. The Labute approximate surface area is 198 Å². The number of carbonyl (C=O) groups is 2. The molecule has 1 saturated heterocycles. The standard InChI is InChI=1S/C25H27N3O4S/c1-3-22(24(30)27-13-15-32-16-14-27)33-25-26-21(17-18-7-5-4-6-8-18)23(29)28(25)19-9-11-20(31-2)12-10-19/h4-12,17,22H,3,13-16H2,1-2H3/b21-17-. The van der Waals surface area contributed by atoms with Crippen LogP contribution in [0.5, 0.6) is 5.75 Å². The molecule has 172 valence electrons. The van der Waals surface area contributed by atoms with Gasteiger partial charge in [0, 0.05) is 13.1 Å². The zero-order valence-electron chi connectivity index (χ0n) is 18.8. The fourth-order valence-electron chi connectivity index (χ4n) is 3.66. The molecule has 2 heterocycles. The van der Waals surface area contributed by atoms with E-state index in [-0.39, 0.29) is 17.1 Å². The molecule has 1 unspecified atom stereocenters. The van der Waals surface area contributed by atoms with Crippen LogP contribution in [-0.4, -0.2) is 60.5 Å². The van der Waals surface area contributed by atoms with Crippen LogP contribution in [0, 0.1) is 0 Å². The van der Waals surface area contributed by atoms with E-state index in [0.717, 1.165) is 5.56 Å². The van der Waals surface area contributed by atoms with Gasteiger partial charge in [0.15, 0.2) is 5.17 Å². The number of hydrogen-bond donors (Lipinski definition) is 0. The van der Waals surface area contributed by atoms with Crippen LogP contribution in [0.3, 0.4) is 0 Å². The molecule has 33 heavy (non-hydrogen) atoms. The average molecular weight is 466 g/mol. The Morgan fingerprint density at radius 1 is 1.15 bits per heavy atom. The molecular weight excluding hydrogens is 438 g/mol. The van der Waals surface area contributed by atoms with E-state index in [0.29, 0.717) is 55.0 Å². The van der Waals surface area contributed by atoms with Crippen molar-refractivity contribution in [3.63, 3.8) is 0 Å². The second kappa shape index (κ2) is 10.7. The summed E-state index contributed by atoms with van der Waals surface area (Å²) in [6.45, 7) is 4.25. The first kappa shape index (κ1) is 23.1. The van der Waals surface area contributed by atoms with Gasteiger partial charge in [0.2, 0.25) is 5.91 Å². The highest BCUT2D eigenvalue weighted by Crippen LogP contribution is 2.33. The summed E-state index contributed by atoms with van der Waals surface area (Å²) in [4.78, 5) is 34.6. The maximum Gasteiger partial charge on any atom is 0.283 e. The molecule has 8 heteroatoms. The minimum atomic E-state index is -0.341. The highest BCUT2D eigenvalue weighted by atomic mass is 32.2. The third kappa shape index (κ3) is 5.29. The molecule has 0 spiro atoms. The van der Waals surface area contributed by atoms with E-state index in [4.69, 9.17) is 9.47 Å². The zero-order chi connectivity index (χ0) is 23.2. The van der Waals surface area contributed by atoms with Crippen molar-refractivity contribution in [1.82, 2.24) is 4.90 Å². The first-order chi connectivity index (χ1) is 16.1. The van der Waals surface area contributed by atoms with E-state index in [9.17, 15) is 9.59 Å². The van der Waals surface area contributed by atoms with Crippen molar-refractivity contribution in [2.45, 2.75) is 18.6 Å². The number of aliphatic imine (C=N–C) groups is 1. The molecule has 0 radical (unpaired) electrons. The summed E-state index contributed by atoms with van der Waals surface area (Å²) in [6, 6.07) is 16.9. The number of amidine groups is 1. The van der Waals surface area contributed by atoms with Gasteiger partial charge >= 0.3 is 0 Å². The van der Waals surface area contributed by atoms with Crippen LogP contribution in [0.4, 0.5) is 5.69 Å². The fraction of sp³-hybridized carbons (Fsp3) is 0.320. The Kier molecular flexibility index (Phi) is 7.47. The number of amides is 2. The maximum absolute atomic E-state index is 13.4. The van der Waals surface area contributed by atoms with Crippen molar-refractivity contribution in [3.8, 4) is 5.75 Å². The second-order valence-electron chi connectivity index (χ2n) is 7.63. The van der Waals surface area contributed by atoms with E-state index < -0.39 is 0 Å². The van der Waals surface area contributed by atoms with Crippen molar-refractivity contribution >= 4 is 40.5 Å². The lowest BCUT2D eigenvalue weighted by molar-refractivity contribution is -0.134. The van der Waals surface area contributed by atoms with Gasteiger partial charge in [-0.15, -0.1) is 0 Å². The molecule has 2 aliphatic heterocycles. The Bertz CT molecular complexity index is 1050. The van der Waals surface area contributed by atoms with Crippen LogP contribution >= 0.6 is 11.8 Å². The highest BCUT2D eigenvalue weighted by Gasteiger charge is 2.36. The average Bonchev–Trinajstić information content (AvgIpc) is 3.17. The Morgan fingerprint density at radius 3 is 2.48 bits per heavy atom. The summed E-state index contributed by atoms with van der Waals surface area (Å²) in [7, 11) is 1.60. The summed E-state index contributed by atoms with van der Waals surface area (Å²) < 4.78 is 10.6. The predicted molar refractivity (Wildman–Crippen MR) is 131 cm³/mol. The van der Waals surface area contributed by atoms with Gasteiger partial charge in [-0.3, -0.25) is 14.5 Å². The van der Waals surface area contributed by atoms with Gasteiger partial charge in [-0.25, -0.2) is 4.99 Å². The second-order valence-corrected chi connectivity index (χ2v) is 8.80. The molecule has 0 N–H and O–H groups in total. The normalized spacial score (nSPS) is 18.4. The summed E-state index contributed by atoms with van der Waals surface area (Å²) in [5, 5.41) is 0.160. The van der Waals surface area contributed by atoms with Crippen LogP contribution < -0.4 is 9.64 Å². The molecule has 2 aliphatic rings. The number of thioether (sulfide) groups is 1. The van der Waals surface area contributed by atoms with Crippen molar-refractivity contribution in [1.29, 1.82) is 0 Å². The lowest BCUT2D eigenvalue weighted by Gasteiger charge is -2.30. The SMILES string of the molecule is CCC(SC1=N/C(=C\c2ccccc2)C(=O)N1c1ccc(OC)cc1)C(=O)N1CCOCC1. The minimum absolute atomic E-state index is 0.0520. The number of anilines is 1. The molecular formula is C25H27N3O4S. The van der Waals surface area contributed by atoms with Crippen LogP contribution in [0.25, 0.3) is 6.08 Å². The fourth-order valence-corrected chi connectivity index (χ4v) is 4.78. The Morgan fingerprint density at radius 2 is 1.85 bits per heavy atom. The minimum Gasteiger partial charge on any atom is -0.497 e. The quantitative estimate of drug-likeness (QED) is 0.607. The van der Waals surface area contributed by atoms with Crippen molar-refractivity contribution in [2.75, 3.05) is 38.3 Å². The van der Waals surface area contributed by atoms with Gasteiger partial charge in [-0.2, -0.15) is 0 Å². The van der Waals surface area contributed by atoms with Gasteiger partial charge in [0.1, 0.15) is 11.4 Å². The largest absolute Gasteiger partial charge is 0.497 e. The van der Waals surface area contributed by atoms with Gasteiger partial charge in [0.05, 0.1) is 31.3 Å². The number of hydrogen-bond acceptors (Lipinski definition) is 6. The predicted octanol–water partition coefficient (Wildman–Crippen LogP) is 3.81. The Balaban J connectivity index is 1.65. The molecule has 4 rings (SSSR count). The van der Waals surface area contributed by atoms with Crippen LogP contribution in [0.15, 0.2) is 65.3 Å². The van der Waals surface area contributed by atoms with Gasteiger partial charge in [-0.1, -0.05) is 49.0 Å². The molecule has 0 saturated carbocycles. The van der Waals surface area contributed by atoms with E-state index in [1.54, 1.807) is 30.2 Å². The summed E-state index contributed by atoms with van der Waals surface area (Å²) in [5.41, 5.74) is 1.91. The third-order valence-corrected chi connectivity index (χ3v) is 6.78. The Hall–Kier alpha value is -3.10. The molecule has 1 fully saturated rings. The number of rotatable bonds is 6. The van der Waals surface area contributed by atoms with Crippen LogP contribution in [0.2, 0.25) is 0 Å². The number of ether oxygens (including phenoxy) is 2. The van der Waals surface area contributed by atoms with E-state index >= 15 is 0 Å². The first-order valence-electron chi connectivity index (χ1n) is 11.0. The van der Waals surface area contributed by atoms with Gasteiger partial charge in [0.25, 0.3) is 5.91 Å². The van der Waals surface area contributed by atoms with E-state index in [1.165, 1.54) is 11.8 Å². The van der Waals surface area contributed by atoms with Gasteiger partial charge < -0.3 is 14.4 Å². The maximum atomic E-state index is 13.4. The monoisotopic (exact) mass is 465 g/mol. The molecule has 2 amide bonds. The topological polar surface area (TPSA) is 71.4 Å². The molecule has 0 aliphatic carbocycles. The molecule has 7 nitrogen and oxygen atoms in total. The molecule has 1 atom stereocenters. The number of carbonyl (C=O) groups excluding carboxylic acids is 2. The smallest absolute Gasteiger partial charge is 0.283 e. The number of nitrogens with zero attached hydrogens (tertiary/aromatic N) is 3. The molecule has 2 aromatic rings. The third-order valence-electron chi connectivity index (χ3n) is 5.48. The van der Waals surface area contributed by atoms with Crippen LogP contribution in [0.1, 0.15) is 18.9 Å². The molecule has 2 aromatic carbocycles. The zero-order valence-corrected chi connectivity index (χ0v) is 19.6. The van der Waals surface area contributed by atoms with E-state index in [1.807, 2.05) is 54.3 Å². The van der Waals surface area contributed by atoms with Gasteiger partial charge in [-0.05, 0) is 42.3 Å². The number of benzene rings is 2. The molecule has 0 bridgehead atoms. The number of morpholine rings is 1. The lowest BCUT2D eigenvalue weighted by atomic mass is 10.2.